The van der Waals surface area contributed by atoms with Crippen molar-refractivity contribution in [3.63, 3.8) is 0 Å². The number of carboxylic acids is 1. The number of anilines is 1. The van der Waals surface area contributed by atoms with Gasteiger partial charge in [-0.3, -0.25) is 0 Å². The largest absolute Gasteiger partial charge is 0.478 e. The van der Waals surface area contributed by atoms with Crippen molar-refractivity contribution < 1.29 is 14.3 Å². The molecule has 3 nitrogen and oxygen atoms in total. The molecule has 0 unspecified atom stereocenters. The zero-order valence-electron chi connectivity index (χ0n) is 13.5. The number of hydrogen-bond donors (Lipinski definition) is 2. The Balaban J connectivity index is 2.00. The van der Waals surface area contributed by atoms with Gasteiger partial charge in [-0.2, -0.15) is 0 Å². The van der Waals surface area contributed by atoms with Crippen LogP contribution >= 0.6 is 0 Å². The number of halogens is 1. The van der Waals surface area contributed by atoms with Crippen molar-refractivity contribution in [1.29, 1.82) is 0 Å². The zero-order chi connectivity index (χ0) is 17.3. The number of rotatable bonds is 4. The smallest absolute Gasteiger partial charge is 0.335 e. The van der Waals surface area contributed by atoms with Crippen molar-refractivity contribution in [3.8, 4) is 11.1 Å². The maximum atomic E-state index is 14.4. The van der Waals surface area contributed by atoms with Crippen LogP contribution in [0.2, 0.25) is 0 Å². The molecule has 0 atom stereocenters. The van der Waals surface area contributed by atoms with Crippen LogP contribution in [0.5, 0.6) is 0 Å². The van der Waals surface area contributed by atoms with E-state index in [9.17, 15) is 9.18 Å². The van der Waals surface area contributed by atoms with Crippen molar-refractivity contribution in [3.05, 3.63) is 66.0 Å². The third-order valence-corrected chi connectivity index (χ3v) is 3.82. The second kappa shape index (κ2) is 6.32. The number of hydrogen-bond acceptors (Lipinski definition) is 2. The normalized spacial score (nSPS) is 11.0. The van der Waals surface area contributed by atoms with E-state index in [4.69, 9.17) is 5.11 Å². The molecule has 0 heterocycles. The lowest BCUT2D eigenvalue weighted by molar-refractivity contribution is 0.0697. The van der Waals surface area contributed by atoms with Gasteiger partial charge in [0.2, 0.25) is 0 Å². The highest BCUT2D eigenvalue weighted by Gasteiger charge is 2.09. The van der Waals surface area contributed by atoms with Gasteiger partial charge in [0, 0.05) is 17.3 Å². The third-order valence-electron chi connectivity index (χ3n) is 3.82. The molecule has 0 saturated heterocycles. The van der Waals surface area contributed by atoms with Crippen LogP contribution in [0.1, 0.15) is 24.2 Å². The number of nitrogens with one attached hydrogen (secondary N) is 1. The number of carboxylic acid groups (broad SMARTS) is 1. The molecule has 24 heavy (non-hydrogen) atoms. The maximum absolute atomic E-state index is 14.4. The summed E-state index contributed by atoms with van der Waals surface area (Å²) in [7, 11) is 0. The van der Waals surface area contributed by atoms with Gasteiger partial charge in [0.25, 0.3) is 0 Å². The fourth-order valence-corrected chi connectivity index (χ4v) is 2.72. The van der Waals surface area contributed by atoms with E-state index in [2.05, 4.69) is 5.32 Å². The number of aromatic carboxylic acids is 1. The summed E-state index contributed by atoms with van der Waals surface area (Å²) in [5.41, 5.74) is 2.27. The van der Waals surface area contributed by atoms with E-state index < -0.39 is 5.97 Å². The minimum Gasteiger partial charge on any atom is -0.478 e. The fourth-order valence-electron chi connectivity index (χ4n) is 2.72. The van der Waals surface area contributed by atoms with Crippen LogP contribution < -0.4 is 5.32 Å². The Bertz CT molecular complexity index is 919. The van der Waals surface area contributed by atoms with Crippen molar-refractivity contribution in [2.75, 3.05) is 5.32 Å². The second-order valence-corrected chi connectivity index (χ2v) is 6.08. The summed E-state index contributed by atoms with van der Waals surface area (Å²) in [5.74, 6) is -1.25. The lowest BCUT2D eigenvalue weighted by Gasteiger charge is -2.12. The average Bonchev–Trinajstić information content (AvgIpc) is 2.53. The molecular formula is C20H18FNO2. The van der Waals surface area contributed by atoms with Gasteiger partial charge < -0.3 is 10.4 Å². The summed E-state index contributed by atoms with van der Waals surface area (Å²) in [5, 5.41) is 13.9. The Labute approximate surface area is 139 Å². The molecule has 3 aromatic rings. The van der Waals surface area contributed by atoms with Gasteiger partial charge in [0.05, 0.1) is 5.56 Å². The number of fused-ring (bicyclic) bond motifs is 1. The third kappa shape index (κ3) is 3.23. The molecule has 0 saturated carbocycles. The first kappa shape index (κ1) is 16.0. The van der Waals surface area contributed by atoms with Crippen LogP contribution in [0, 0.1) is 5.82 Å². The summed E-state index contributed by atoms with van der Waals surface area (Å²) in [6, 6.07) is 15.8. The summed E-state index contributed by atoms with van der Waals surface area (Å²) >= 11 is 0. The highest BCUT2D eigenvalue weighted by molar-refractivity contribution is 5.95. The molecule has 3 aromatic carbocycles. The molecule has 3 rings (SSSR count). The summed E-state index contributed by atoms with van der Waals surface area (Å²) < 4.78 is 14.4. The quantitative estimate of drug-likeness (QED) is 0.697. The van der Waals surface area contributed by atoms with E-state index in [1.807, 2.05) is 38.1 Å². The average molecular weight is 323 g/mol. The molecule has 0 aromatic heterocycles. The van der Waals surface area contributed by atoms with E-state index in [1.54, 1.807) is 24.3 Å². The van der Waals surface area contributed by atoms with Crippen LogP contribution in [0.25, 0.3) is 21.9 Å². The highest BCUT2D eigenvalue weighted by Crippen LogP contribution is 2.29. The van der Waals surface area contributed by atoms with Crippen LogP contribution in [0.3, 0.4) is 0 Å². The molecule has 0 amide bonds. The molecule has 0 radical (unpaired) electrons. The van der Waals surface area contributed by atoms with Gasteiger partial charge >= 0.3 is 5.97 Å². The first-order valence-electron chi connectivity index (χ1n) is 7.77. The molecule has 0 aliphatic rings. The Morgan fingerprint density at radius 2 is 1.71 bits per heavy atom. The molecule has 122 valence electrons. The molecule has 0 bridgehead atoms. The first-order chi connectivity index (χ1) is 11.4. The monoisotopic (exact) mass is 323 g/mol. The van der Waals surface area contributed by atoms with Gasteiger partial charge in [-0.15, -0.1) is 0 Å². The van der Waals surface area contributed by atoms with Gasteiger partial charge in [0.1, 0.15) is 5.82 Å². The Kier molecular flexibility index (Phi) is 4.21. The lowest BCUT2D eigenvalue weighted by atomic mass is 9.99. The Hall–Kier alpha value is -2.88. The predicted octanol–water partition coefficient (Wildman–Crippen LogP) is 5.16. The maximum Gasteiger partial charge on any atom is 0.335 e. The van der Waals surface area contributed by atoms with E-state index in [-0.39, 0.29) is 17.4 Å². The minimum atomic E-state index is -0.958. The van der Waals surface area contributed by atoms with Crippen LogP contribution in [0.15, 0.2) is 54.6 Å². The Morgan fingerprint density at radius 1 is 1.00 bits per heavy atom. The van der Waals surface area contributed by atoms with Crippen molar-refractivity contribution >= 4 is 22.4 Å². The summed E-state index contributed by atoms with van der Waals surface area (Å²) in [6.07, 6.45) is 0. The molecule has 0 spiro atoms. The molecule has 4 heteroatoms. The van der Waals surface area contributed by atoms with Crippen molar-refractivity contribution in [2.45, 2.75) is 19.9 Å². The molecule has 0 aliphatic heterocycles. The molecule has 0 fully saturated rings. The van der Waals surface area contributed by atoms with Gasteiger partial charge in [0.15, 0.2) is 0 Å². The van der Waals surface area contributed by atoms with Crippen molar-refractivity contribution in [1.82, 2.24) is 0 Å². The van der Waals surface area contributed by atoms with Crippen LogP contribution in [-0.2, 0) is 0 Å². The fraction of sp³-hybridized carbons (Fsp3) is 0.150. The Morgan fingerprint density at radius 3 is 2.38 bits per heavy atom. The molecule has 2 N–H and O–H groups in total. The minimum absolute atomic E-state index is 0.236. The van der Waals surface area contributed by atoms with Crippen LogP contribution in [0.4, 0.5) is 10.1 Å². The lowest BCUT2D eigenvalue weighted by Crippen LogP contribution is -2.09. The summed E-state index contributed by atoms with van der Waals surface area (Å²) in [4.78, 5) is 11.0. The van der Waals surface area contributed by atoms with Crippen molar-refractivity contribution in [2.24, 2.45) is 0 Å². The SMILES string of the molecule is CC(C)Nc1ccc(-c2ccc3cc(C(=O)O)ccc3c2)c(F)c1. The zero-order valence-corrected chi connectivity index (χ0v) is 13.5. The number of carbonyl (C=O) groups is 1. The summed E-state index contributed by atoms with van der Waals surface area (Å²) in [6.45, 7) is 4.00. The van der Waals surface area contributed by atoms with Gasteiger partial charge in [-0.1, -0.05) is 18.2 Å². The van der Waals surface area contributed by atoms with Gasteiger partial charge in [-0.05, 0) is 66.6 Å². The standard InChI is InChI=1S/C20H18FNO2/c1-12(2)22-17-7-8-18(19(21)11-17)15-5-3-14-10-16(20(23)24)6-4-13(14)9-15/h3-12,22H,1-2H3,(H,23,24). The van der Waals surface area contributed by atoms with E-state index in [0.29, 0.717) is 5.56 Å². The van der Waals surface area contributed by atoms with E-state index in [0.717, 1.165) is 22.0 Å². The number of benzene rings is 3. The topological polar surface area (TPSA) is 49.3 Å². The highest BCUT2D eigenvalue weighted by atomic mass is 19.1. The second-order valence-electron chi connectivity index (χ2n) is 6.08. The molecular weight excluding hydrogens is 305 g/mol. The first-order valence-corrected chi connectivity index (χ1v) is 7.77. The van der Waals surface area contributed by atoms with E-state index >= 15 is 0 Å². The van der Waals surface area contributed by atoms with E-state index in [1.165, 1.54) is 6.07 Å². The molecule has 0 aliphatic carbocycles. The predicted molar refractivity (Wildman–Crippen MR) is 95.1 cm³/mol. The van der Waals surface area contributed by atoms with Crippen LogP contribution in [-0.4, -0.2) is 17.1 Å². The van der Waals surface area contributed by atoms with Gasteiger partial charge in [-0.25, -0.2) is 9.18 Å².